The molecular formula is C15H16Cl2N2O3. The molecule has 2 atom stereocenters. The summed E-state index contributed by atoms with van der Waals surface area (Å²) in [5.41, 5.74) is 1.83. The van der Waals surface area contributed by atoms with E-state index in [0.717, 1.165) is 5.56 Å². The summed E-state index contributed by atoms with van der Waals surface area (Å²) in [7, 11) is 0. The Bertz CT molecular complexity index is 660. The number of carbonyl (C=O) groups excluding carboxylic acids is 1. The Morgan fingerprint density at radius 3 is 2.36 bits per heavy atom. The van der Waals surface area contributed by atoms with Gasteiger partial charge in [0.05, 0.1) is 11.7 Å². The summed E-state index contributed by atoms with van der Waals surface area (Å²) < 4.78 is 5.08. The van der Waals surface area contributed by atoms with Gasteiger partial charge in [0.1, 0.15) is 5.76 Å². The highest BCUT2D eigenvalue weighted by Gasteiger charge is 2.23. The first-order valence-corrected chi connectivity index (χ1v) is 7.42. The van der Waals surface area contributed by atoms with Gasteiger partial charge in [-0.2, -0.15) is 0 Å². The summed E-state index contributed by atoms with van der Waals surface area (Å²) >= 11 is 11.8. The molecule has 0 aliphatic rings. The number of amides is 1. The average molecular weight is 343 g/mol. The molecule has 1 aromatic carbocycles. The van der Waals surface area contributed by atoms with Gasteiger partial charge in [-0.15, -0.1) is 0 Å². The molecule has 118 valence electrons. The molecule has 0 spiro atoms. The first-order valence-electron chi connectivity index (χ1n) is 6.66. The van der Waals surface area contributed by atoms with Crippen LogP contribution in [0.2, 0.25) is 10.0 Å². The van der Waals surface area contributed by atoms with Gasteiger partial charge in [-0.1, -0.05) is 28.4 Å². The van der Waals surface area contributed by atoms with Crippen molar-refractivity contribution < 1.29 is 14.4 Å². The van der Waals surface area contributed by atoms with Crippen molar-refractivity contribution in [2.24, 2.45) is 0 Å². The number of rotatable bonds is 4. The number of aromatic nitrogens is 1. The summed E-state index contributed by atoms with van der Waals surface area (Å²) in [5, 5.41) is 17.4. The fourth-order valence-corrected chi connectivity index (χ4v) is 2.90. The number of halogens is 2. The van der Waals surface area contributed by atoms with Crippen molar-refractivity contribution in [3.05, 3.63) is 50.8 Å². The van der Waals surface area contributed by atoms with Crippen LogP contribution in [0, 0.1) is 13.8 Å². The van der Waals surface area contributed by atoms with Crippen LogP contribution in [-0.4, -0.2) is 16.2 Å². The number of aryl methyl sites for hydroxylation is 2. The first kappa shape index (κ1) is 16.8. The summed E-state index contributed by atoms with van der Waals surface area (Å²) in [5.74, 6) is 0.0800. The molecule has 2 N–H and O–H groups in total. The lowest BCUT2D eigenvalue weighted by molar-refractivity contribution is -0.130. The van der Waals surface area contributed by atoms with Crippen LogP contribution in [0.5, 0.6) is 0 Å². The van der Waals surface area contributed by atoms with Crippen molar-refractivity contribution in [2.45, 2.75) is 32.9 Å². The SMILES string of the molecule is Cc1noc(C)c1[C@H](C)NC(=O)[C@H](O)c1cc(Cl)cc(Cl)c1. The minimum atomic E-state index is -1.36. The van der Waals surface area contributed by atoms with Crippen LogP contribution in [0.4, 0.5) is 0 Å². The van der Waals surface area contributed by atoms with E-state index < -0.39 is 12.0 Å². The van der Waals surface area contributed by atoms with Gasteiger partial charge in [0.2, 0.25) is 0 Å². The number of aliphatic hydroxyl groups is 1. The molecule has 0 aliphatic heterocycles. The zero-order chi connectivity index (χ0) is 16.4. The van der Waals surface area contributed by atoms with E-state index in [1.54, 1.807) is 20.8 Å². The lowest BCUT2D eigenvalue weighted by Crippen LogP contribution is -2.32. The maximum Gasteiger partial charge on any atom is 0.253 e. The van der Waals surface area contributed by atoms with Crippen LogP contribution in [0.25, 0.3) is 0 Å². The van der Waals surface area contributed by atoms with Crippen LogP contribution in [-0.2, 0) is 4.79 Å². The molecule has 0 bridgehead atoms. The van der Waals surface area contributed by atoms with Crippen LogP contribution in [0.3, 0.4) is 0 Å². The van der Waals surface area contributed by atoms with Crippen molar-refractivity contribution in [3.8, 4) is 0 Å². The molecular weight excluding hydrogens is 327 g/mol. The third kappa shape index (κ3) is 3.61. The molecule has 0 saturated heterocycles. The van der Waals surface area contributed by atoms with E-state index in [0.29, 0.717) is 27.1 Å². The second-order valence-electron chi connectivity index (χ2n) is 5.07. The second-order valence-corrected chi connectivity index (χ2v) is 5.95. The predicted molar refractivity (Wildman–Crippen MR) is 84.0 cm³/mol. The van der Waals surface area contributed by atoms with E-state index >= 15 is 0 Å². The molecule has 5 nitrogen and oxygen atoms in total. The zero-order valence-corrected chi connectivity index (χ0v) is 13.9. The fraction of sp³-hybridized carbons (Fsp3) is 0.333. The predicted octanol–water partition coefficient (Wildman–Crippen LogP) is 3.51. The van der Waals surface area contributed by atoms with Gasteiger partial charge in [-0.05, 0) is 44.5 Å². The molecule has 7 heteroatoms. The van der Waals surface area contributed by atoms with Gasteiger partial charge in [0.25, 0.3) is 5.91 Å². The molecule has 0 radical (unpaired) electrons. The van der Waals surface area contributed by atoms with Crippen LogP contribution >= 0.6 is 23.2 Å². The summed E-state index contributed by atoms with van der Waals surface area (Å²) in [4.78, 5) is 12.2. The van der Waals surface area contributed by atoms with E-state index in [-0.39, 0.29) is 6.04 Å². The first-order chi connectivity index (χ1) is 10.3. The van der Waals surface area contributed by atoms with Crippen LogP contribution in [0.1, 0.15) is 41.7 Å². The lowest BCUT2D eigenvalue weighted by Gasteiger charge is -2.17. The lowest BCUT2D eigenvalue weighted by atomic mass is 10.1. The maximum absolute atomic E-state index is 12.2. The van der Waals surface area contributed by atoms with Gasteiger partial charge in [0, 0.05) is 15.6 Å². The standard InChI is InChI=1S/C15H16Cl2N2O3/c1-7(13-8(2)19-22-9(13)3)18-15(21)14(20)10-4-11(16)6-12(17)5-10/h4-7,14,20H,1-3H3,(H,18,21)/t7-,14+/m0/s1. The summed E-state index contributed by atoms with van der Waals surface area (Å²) in [6, 6.07) is 4.18. The average Bonchev–Trinajstić information content (AvgIpc) is 2.76. The van der Waals surface area contributed by atoms with E-state index in [9.17, 15) is 9.90 Å². The second kappa shape index (κ2) is 6.69. The van der Waals surface area contributed by atoms with E-state index in [4.69, 9.17) is 27.7 Å². The molecule has 1 heterocycles. The van der Waals surface area contributed by atoms with Gasteiger partial charge < -0.3 is 14.9 Å². The Morgan fingerprint density at radius 1 is 1.27 bits per heavy atom. The Balaban J connectivity index is 2.14. The van der Waals surface area contributed by atoms with Crippen molar-refractivity contribution in [1.29, 1.82) is 0 Å². The van der Waals surface area contributed by atoms with E-state index in [1.807, 2.05) is 0 Å². The Kier molecular flexibility index (Phi) is 5.11. The third-order valence-electron chi connectivity index (χ3n) is 3.33. The molecule has 2 aromatic rings. The molecule has 0 unspecified atom stereocenters. The van der Waals surface area contributed by atoms with Crippen molar-refractivity contribution in [1.82, 2.24) is 10.5 Å². The number of benzene rings is 1. The number of carbonyl (C=O) groups is 1. The largest absolute Gasteiger partial charge is 0.378 e. The molecule has 22 heavy (non-hydrogen) atoms. The number of hydrogen-bond acceptors (Lipinski definition) is 4. The summed E-state index contributed by atoms with van der Waals surface area (Å²) in [6.07, 6.45) is -1.36. The Hall–Kier alpha value is -1.56. The molecule has 2 rings (SSSR count). The maximum atomic E-state index is 12.2. The molecule has 1 amide bonds. The highest BCUT2D eigenvalue weighted by molar-refractivity contribution is 6.34. The van der Waals surface area contributed by atoms with Crippen molar-refractivity contribution in [2.75, 3.05) is 0 Å². The minimum absolute atomic E-state index is 0.334. The number of hydrogen-bond donors (Lipinski definition) is 2. The van der Waals surface area contributed by atoms with Gasteiger partial charge in [-0.3, -0.25) is 4.79 Å². The molecule has 0 fully saturated rings. The Morgan fingerprint density at radius 2 is 1.86 bits per heavy atom. The molecule has 1 aromatic heterocycles. The Labute approximate surface area is 138 Å². The zero-order valence-electron chi connectivity index (χ0n) is 12.4. The van der Waals surface area contributed by atoms with Crippen molar-refractivity contribution in [3.63, 3.8) is 0 Å². The van der Waals surface area contributed by atoms with Crippen molar-refractivity contribution >= 4 is 29.1 Å². The topological polar surface area (TPSA) is 75.4 Å². The normalized spacial score (nSPS) is 13.7. The summed E-state index contributed by atoms with van der Waals surface area (Å²) in [6.45, 7) is 5.36. The smallest absolute Gasteiger partial charge is 0.253 e. The quantitative estimate of drug-likeness (QED) is 0.891. The van der Waals surface area contributed by atoms with Crippen LogP contribution < -0.4 is 5.32 Å². The van der Waals surface area contributed by atoms with Crippen LogP contribution in [0.15, 0.2) is 22.7 Å². The monoisotopic (exact) mass is 342 g/mol. The van der Waals surface area contributed by atoms with Gasteiger partial charge in [-0.25, -0.2) is 0 Å². The van der Waals surface area contributed by atoms with Gasteiger partial charge in [0.15, 0.2) is 6.10 Å². The number of nitrogens with one attached hydrogen (secondary N) is 1. The highest BCUT2D eigenvalue weighted by atomic mass is 35.5. The molecule has 0 aliphatic carbocycles. The number of nitrogens with zero attached hydrogens (tertiary/aromatic N) is 1. The fourth-order valence-electron chi connectivity index (χ4n) is 2.36. The highest BCUT2D eigenvalue weighted by Crippen LogP contribution is 2.25. The van der Waals surface area contributed by atoms with Gasteiger partial charge >= 0.3 is 0 Å². The number of aliphatic hydroxyl groups excluding tert-OH is 1. The molecule has 0 saturated carbocycles. The third-order valence-corrected chi connectivity index (χ3v) is 3.77. The van der Waals surface area contributed by atoms with E-state index in [2.05, 4.69) is 10.5 Å². The van der Waals surface area contributed by atoms with E-state index in [1.165, 1.54) is 18.2 Å². The minimum Gasteiger partial charge on any atom is -0.378 e.